The van der Waals surface area contributed by atoms with Crippen LogP contribution in [0.1, 0.15) is 23.1 Å². The Hall–Kier alpha value is -3.05. The van der Waals surface area contributed by atoms with E-state index < -0.39 is 0 Å². The van der Waals surface area contributed by atoms with Gasteiger partial charge in [-0.25, -0.2) is 4.98 Å². The third-order valence-electron chi connectivity index (χ3n) is 6.79. The van der Waals surface area contributed by atoms with Gasteiger partial charge >= 0.3 is 0 Å². The van der Waals surface area contributed by atoms with Crippen LogP contribution in [0.5, 0.6) is 0 Å². The summed E-state index contributed by atoms with van der Waals surface area (Å²) in [6.45, 7) is 7.04. The van der Waals surface area contributed by atoms with E-state index >= 15 is 0 Å². The Morgan fingerprint density at radius 1 is 1.08 bits per heavy atom. The number of aryl methyl sites for hydroxylation is 1. The molecule has 4 heterocycles. The minimum Gasteiger partial charge on any atom is -0.385 e. The Balaban J connectivity index is 1.45. The molecular formula is C28H31N5O3S2. The lowest BCUT2D eigenvalue weighted by atomic mass is 10.2. The average Bonchev–Trinajstić information content (AvgIpc) is 3.19. The number of piperazine rings is 1. The molecule has 8 nitrogen and oxygen atoms in total. The number of fused-ring (bicyclic) bond motifs is 1. The van der Waals surface area contributed by atoms with E-state index in [2.05, 4.69) is 34.1 Å². The Kier molecular flexibility index (Phi) is 8.23. The summed E-state index contributed by atoms with van der Waals surface area (Å²) >= 11 is 6.72. The normalized spacial score (nSPS) is 17.8. The molecule has 2 fully saturated rings. The molecule has 1 aromatic carbocycles. The highest BCUT2D eigenvalue weighted by molar-refractivity contribution is 8.26. The fourth-order valence-corrected chi connectivity index (χ4v) is 6.05. The molecule has 0 bridgehead atoms. The van der Waals surface area contributed by atoms with Crippen LogP contribution < -0.4 is 10.5 Å². The Morgan fingerprint density at radius 3 is 2.58 bits per heavy atom. The lowest BCUT2D eigenvalue weighted by Crippen LogP contribution is -2.47. The number of aromatic nitrogens is 2. The van der Waals surface area contributed by atoms with Crippen molar-refractivity contribution in [3.8, 4) is 0 Å². The van der Waals surface area contributed by atoms with Crippen molar-refractivity contribution in [1.82, 2.24) is 19.2 Å². The summed E-state index contributed by atoms with van der Waals surface area (Å²) < 4.78 is 7.18. The first-order valence-electron chi connectivity index (χ1n) is 12.7. The summed E-state index contributed by atoms with van der Waals surface area (Å²) in [6, 6.07) is 14.3. The van der Waals surface area contributed by atoms with Gasteiger partial charge in [-0.05, 0) is 36.6 Å². The van der Waals surface area contributed by atoms with Crippen molar-refractivity contribution in [3.63, 3.8) is 0 Å². The summed E-state index contributed by atoms with van der Waals surface area (Å²) in [6.07, 6.45) is 4.17. The van der Waals surface area contributed by atoms with Crippen molar-refractivity contribution >= 4 is 51.7 Å². The van der Waals surface area contributed by atoms with Crippen molar-refractivity contribution in [2.45, 2.75) is 19.9 Å². The average molecular weight is 550 g/mol. The standard InChI is InChI=1S/C28H31N5O3S2/c1-20-9-10-24-29-25(31-14-12-30(13-15-31)19-21-7-4-3-5-8-21)22(26(34)33(24)18-20)17-23-27(35)32(28(37)38-23)11-6-16-36-2/h3-5,7-10,17-18H,6,11-16,19H2,1-2H3/b23-17-. The van der Waals surface area contributed by atoms with Crippen LogP contribution in [-0.4, -0.2) is 75.9 Å². The van der Waals surface area contributed by atoms with Crippen LogP contribution in [0.25, 0.3) is 11.7 Å². The predicted molar refractivity (Wildman–Crippen MR) is 157 cm³/mol. The lowest BCUT2D eigenvalue weighted by Gasteiger charge is -2.36. The quantitative estimate of drug-likeness (QED) is 0.240. The number of hydrogen-bond donors (Lipinski definition) is 0. The molecule has 2 aliphatic heterocycles. The van der Waals surface area contributed by atoms with E-state index in [0.29, 0.717) is 45.8 Å². The van der Waals surface area contributed by atoms with Crippen LogP contribution in [0, 0.1) is 6.92 Å². The molecular weight excluding hydrogens is 518 g/mol. The summed E-state index contributed by atoms with van der Waals surface area (Å²) in [4.78, 5) is 38.5. The number of nitrogens with zero attached hydrogens (tertiary/aromatic N) is 5. The highest BCUT2D eigenvalue weighted by Gasteiger charge is 2.33. The largest absolute Gasteiger partial charge is 0.385 e. The number of hydrogen-bond acceptors (Lipinski definition) is 8. The highest BCUT2D eigenvalue weighted by atomic mass is 32.2. The predicted octanol–water partition coefficient (Wildman–Crippen LogP) is 3.56. The second kappa shape index (κ2) is 11.8. The van der Waals surface area contributed by atoms with Crippen molar-refractivity contribution in [1.29, 1.82) is 0 Å². The van der Waals surface area contributed by atoms with E-state index in [0.717, 1.165) is 38.3 Å². The molecule has 1 amide bonds. The number of methoxy groups -OCH3 is 1. The SMILES string of the molecule is COCCCN1C(=O)/C(=C/c2c(N3CCN(Cc4ccccc4)CC3)nc3ccc(C)cn3c2=O)SC1=S. The van der Waals surface area contributed by atoms with Gasteiger partial charge in [0.2, 0.25) is 0 Å². The number of rotatable bonds is 8. The van der Waals surface area contributed by atoms with E-state index in [1.165, 1.54) is 17.3 Å². The van der Waals surface area contributed by atoms with Crippen LogP contribution >= 0.6 is 24.0 Å². The van der Waals surface area contributed by atoms with Gasteiger partial charge in [-0.3, -0.25) is 23.8 Å². The van der Waals surface area contributed by atoms with Crippen molar-refractivity contribution in [2.24, 2.45) is 0 Å². The second-order valence-electron chi connectivity index (χ2n) is 9.52. The van der Waals surface area contributed by atoms with Gasteiger partial charge in [-0.1, -0.05) is 60.4 Å². The first-order chi connectivity index (χ1) is 18.4. The number of benzene rings is 1. The Morgan fingerprint density at radius 2 is 1.84 bits per heavy atom. The van der Waals surface area contributed by atoms with Gasteiger partial charge in [0, 0.05) is 59.2 Å². The zero-order valence-corrected chi connectivity index (χ0v) is 23.3. The number of pyridine rings is 1. The van der Waals surface area contributed by atoms with Gasteiger partial charge in [0.05, 0.1) is 10.5 Å². The fourth-order valence-electron chi connectivity index (χ4n) is 4.76. The minimum atomic E-state index is -0.190. The van der Waals surface area contributed by atoms with Gasteiger partial charge in [-0.2, -0.15) is 0 Å². The summed E-state index contributed by atoms with van der Waals surface area (Å²) in [5.74, 6) is 0.436. The lowest BCUT2D eigenvalue weighted by molar-refractivity contribution is -0.122. The van der Waals surface area contributed by atoms with Crippen molar-refractivity contribution in [2.75, 3.05) is 51.3 Å². The van der Waals surface area contributed by atoms with E-state index in [4.69, 9.17) is 21.9 Å². The third kappa shape index (κ3) is 5.68. The van der Waals surface area contributed by atoms with Gasteiger partial charge in [0.1, 0.15) is 15.8 Å². The summed E-state index contributed by atoms with van der Waals surface area (Å²) in [5, 5.41) is 0. The molecule has 0 saturated carbocycles. The topological polar surface area (TPSA) is 70.4 Å². The molecule has 0 spiro atoms. The third-order valence-corrected chi connectivity index (χ3v) is 8.16. The number of thioether (sulfide) groups is 1. The van der Waals surface area contributed by atoms with Gasteiger partial charge in [0.25, 0.3) is 11.5 Å². The molecule has 3 aromatic rings. The molecule has 0 radical (unpaired) electrons. The molecule has 38 heavy (non-hydrogen) atoms. The highest BCUT2D eigenvalue weighted by Crippen LogP contribution is 2.33. The fraction of sp³-hybridized carbons (Fsp3) is 0.357. The van der Waals surface area contributed by atoms with Gasteiger partial charge < -0.3 is 9.64 Å². The smallest absolute Gasteiger partial charge is 0.267 e. The number of carbonyl (C=O) groups excluding carboxylic acids is 1. The minimum absolute atomic E-state index is 0.177. The van der Waals surface area contributed by atoms with Crippen molar-refractivity contribution in [3.05, 3.63) is 80.6 Å². The number of anilines is 1. The first-order valence-corrected chi connectivity index (χ1v) is 14.0. The number of ether oxygens (including phenoxy) is 1. The van der Waals surface area contributed by atoms with E-state index in [1.807, 2.05) is 25.1 Å². The van der Waals surface area contributed by atoms with E-state index in [1.54, 1.807) is 28.7 Å². The van der Waals surface area contributed by atoms with Gasteiger partial charge in [-0.15, -0.1) is 0 Å². The van der Waals surface area contributed by atoms with E-state index in [-0.39, 0.29) is 11.5 Å². The molecule has 0 N–H and O–H groups in total. The number of amides is 1. The molecule has 2 aliphatic rings. The molecule has 0 unspecified atom stereocenters. The zero-order chi connectivity index (χ0) is 26.6. The van der Waals surface area contributed by atoms with Crippen molar-refractivity contribution < 1.29 is 9.53 Å². The number of thiocarbonyl (C=S) groups is 1. The second-order valence-corrected chi connectivity index (χ2v) is 11.2. The van der Waals surface area contributed by atoms with Crippen LogP contribution in [-0.2, 0) is 16.1 Å². The van der Waals surface area contributed by atoms with Crippen LogP contribution in [0.4, 0.5) is 5.82 Å². The summed E-state index contributed by atoms with van der Waals surface area (Å²) in [7, 11) is 1.63. The first kappa shape index (κ1) is 26.6. The molecule has 2 aromatic heterocycles. The molecule has 0 atom stereocenters. The molecule has 5 rings (SSSR count). The van der Waals surface area contributed by atoms with Crippen LogP contribution in [0.15, 0.2) is 58.4 Å². The van der Waals surface area contributed by atoms with E-state index in [9.17, 15) is 9.59 Å². The molecule has 10 heteroatoms. The monoisotopic (exact) mass is 549 g/mol. The zero-order valence-electron chi connectivity index (χ0n) is 21.6. The maximum atomic E-state index is 13.8. The maximum absolute atomic E-state index is 13.8. The molecule has 198 valence electrons. The number of carbonyl (C=O) groups is 1. The van der Waals surface area contributed by atoms with Crippen LogP contribution in [0.3, 0.4) is 0 Å². The Bertz CT molecular complexity index is 1430. The van der Waals surface area contributed by atoms with Gasteiger partial charge in [0.15, 0.2) is 0 Å². The Labute approximate surface area is 231 Å². The molecule has 0 aliphatic carbocycles. The van der Waals surface area contributed by atoms with Crippen LogP contribution in [0.2, 0.25) is 0 Å². The maximum Gasteiger partial charge on any atom is 0.267 e. The summed E-state index contributed by atoms with van der Waals surface area (Å²) in [5.41, 5.74) is 3.06. The molecule has 2 saturated heterocycles.